The van der Waals surface area contributed by atoms with Crippen LogP contribution in [0, 0.1) is 24.0 Å². The number of anilines is 1. The van der Waals surface area contributed by atoms with Gasteiger partial charge in [0.05, 0.1) is 4.92 Å². The van der Waals surface area contributed by atoms with Crippen LogP contribution in [0.2, 0.25) is 0 Å². The van der Waals surface area contributed by atoms with Crippen molar-refractivity contribution >= 4 is 17.3 Å². The third-order valence-electron chi connectivity index (χ3n) is 3.50. The molecule has 2 aromatic rings. The van der Waals surface area contributed by atoms with E-state index in [1.807, 2.05) is 32.0 Å². The molecular formula is C17H18N2O4. The van der Waals surface area contributed by atoms with Gasteiger partial charge in [0, 0.05) is 17.8 Å². The average molecular weight is 314 g/mol. The van der Waals surface area contributed by atoms with Gasteiger partial charge in [-0.05, 0) is 56.2 Å². The molecule has 1 N–H and O–H groups in total. The number of hydrogen-bond donors (Lipinski definition) is 1. The summed E-state index contributed by atoms with van der Waals surface area (Å²) >= 11 is 0. The molecule has 120 valence electrons. The quantitative estimate of drug-likeness (QED) is 0.675. The third-order valence-corrected chi connectivity index (χ3v) is 3.50. The summed E-state index contributed by atoms with van der Waals surface area (Å²) in [4.78, 5) is 22.3. The number of non-ortho nitro benzene ring substituents is 1. The van der Waals surface area contributed by atoms with Crippen LogP contribution in [0.4, 0.5) is 11.4 Å². The molecule has 0 spiro atoms. The fourth-order valence-corrected chi connectivity index (χ4v) is 1.97. The van der Waals surface area contributed by atoms with Crippen molar-refractivity contribution in [2.24, 2.45) is 0 Å². The minimum absolute atomic E-state index is 0.0235. The van der Waals surface area contributed by atoms with E-state index in [1.165, 1.54) is 24.3 Å². The Morgan fingerprint density at radius 1 is 1.13 bits per heavy atom. The normalized spacial score (nSPS) is 11.6. The van der Waals surface area contributed by atoms with E-state index < -0.39 is 11.0 Å². The number of nitro groups is 1. The zero-order valence-corrected chi connectivity index (χ0v) is 13.2. The molecule has 0 unspecified atom stereocenters. The summed E-state index contributed by atoms with van der Waals surface area (Å²) < 4.78 is 5.50. The van der Waals surface area contributed by atoms with Crippen LogP contribution in [0.15, 0.2) is 42.5 Å². The molecule has 0 fully saturated rings. The maximum absolute atomic E-state index is 12.1. The Kier molecular flexibility index (Phi) is 4.95. The van der Waals surface area contributed by atoms with Gasteiger partial charge < -0.3 is 10.1 Å². The summed E-state index contributed by atoms with van der Waals surface area (Å²) in [6, 6.07) is 11.3. The van der Waals surface area contributed by atoms with Crippen molar-refractivity contribution in [1.82, 2.24) is 0 Å². The molecule has 1 amide bonds. The molecule has 0 aromatic heterocycles. The highest BCUT2D eigenvalue weighted by molar-refractivity contribution is 5.94. The van der Waals surface area contributed by atoms with Crippen molar-refractivity contribution in [2.75, 3.05) is 5.32 Å². The van der Waals surface area contributed by atoms with Gasteiger partial charge in [-0.15, -0.1) is 0 Å². The zero-order valence-electron chi connectivity index (χ0n) is 13.2. The minimum Gasteiger partial charge on any atom is -0.481 e. The Hall–Kier alpha value is -2.89. The van der Waals surface area contributed by atoms with E-state index in [2.05, 4.69) is 5.32 Å². The SMILES string of the molecule is Cc1ccc(NC(=O)[C@@H](C)Oc2ccc([N+](=O)[O-])cc2)cc1C. The predicted octanol–water partition coefficient (Wildman–Crippen LogP) is 3.62. The van der Waals surface area contributed by atoms with E-state index >= 15 is 0 Å². The lowest BCUT2D eigenvalue weighted by molar-refractivity contribution is -0.384. The lowest BCUT2D eigenvalue weighted by Gasteiger charge is -2.15. The second-order valence-electron chi connectivity index (χ2n) is 5.30. The van der Waals surface area contributed by atoms with E-state index in [9.17, 15) is 14.9 Å². The third kappa shape index (κ3) is 4.29. The molecule has 0 saturated heterocycles. The molecule has 2 aromatic carbocycles. The predicted molar refractivity (Wildman–Crippen MR) is 87.7 cm³/mol. The highest BCUT2D eigenvalue weighted by Gasteiger charge is 2.15. The molecular weight excluding hydrogens is 296 g/mol. The van der Waals surface area contributed by atoms with Crippen LogP contribution in [0.5, 0.6) is 5.75 Å². The highest BCUT2D eigenvalue weighted by atomic mass is 16.6. The van der Waals surface area contributed by atoms with Gasteiger partial charge in [-0.2, -0.15) is 0 Å². The summed E-state index contributed by atoms with van der Waals surface area (Å²) in [5.74, 6) is 0.116. The molecule has 0 aliphatic carbocycles. The molecule has 23 heavy (non-hydrogen) atoms. The first-order valence-corrected chi connectivity index (χ1v) is 7.16. The molecule has 6 nitrogen and oxygen atoms in total. The first-order valence-electron chi connectivity index (χ1n) is 7.16. The molecule has 6 heteroatoms. The van der Waals surface area contributed by atoms with Crippen LogP contribution >= 0.6 is 0 Å². The second kappa shape index (κ2) is 6.91. The zero-order chi connectivity index (χ0) is 17.0. The number of hydrogen-bond acceptors (Lipinski definition) is 4. The number of carbonyl (C=O) groups excluding carboxylic acids is 1. The van der Waals surface area contributed by atoms with Crippen LogP contribution in [0.25, 0.3) is 0 Å². The number of amides is 1. The number of nitro benzene ring substituents is 1. The monoisotopic (exact) mass is 314 g/mol. The summed E-state index contributed by atoms with van der Waals surface area (Å²) in [6.07, 6.45) is -0.724. The summed E-state index contributed by atoms with van der Waals surface area (Å²) in [5.41, 5.74) is 2.92. The van der Waals surface area contributed by atoms with Crippen molar-refractivity contribution in [3.05, 3.63) is 63.7 Å². The topological polar surface area (TPSA) is 81.5 Å². The van der Waals surface area contributed by atoms with Crippen molar-refractivity contribution in [3.8, 4) is 5.75 Å². The van der Waals surface area contributed by atoms with Gasteiger partial charge in [0.15, 0.2) is 6.10 Å². The number of benzene rings is 2. The number of aryl methyl sites for hydroxylation is 2. The van der Waals surface area contributed by atoms with Crippen LogP contribution in [0.3, 0.4) is 0 Å². The molecule has 0 bridgehead atoms. The van der Waals surface area contributed by atoms with Crippen molar-refractivity contribution < 1.29 is 14.5 Å². The first-order chi connectivity index (χ1) is 10.9. The van der Waals surface area contributed by atoms with E-state index in [1.54, 1.807) is 6.92 Å². The van der Waals surface area contributed by atoms with Gasteiger partial charge in [-0.25, -0.2) is 0 Å². The summed E-state index contributed by atoms with van der Waals surface area (Å²) in [5, 5.41) is 13.4. The Morgan fingerprint density at radius 3 is 2.35 bits per heavy atom. The van der Waals surface area contributed by atoms with Gasteiger partial charge in [0.2, 0.25) is 0 Å². The number of nitrogens with one attached hydrogen (secondary N) is 1. The number of carbonyl (C=O) groups is 1. The Labute approximate surface area is 134 Å². The van der Waals surface area contributed by atoms with Gasteiger partial charge in [-0.1, -0.05) is 6.07 Å². The fraction of sp³-hybridized carbons (Fsp3) is 0.235. The maximum atomic E-state index is 12.1. The van der Waals surface area contributed by atoms with Crippen molar-refractivity contribution in [2.45, 2.75) is 26.9 Å². The van der Waals surface area contributed by atoms with Gasteiger partial charge >= 0.3 is 0 Å². The molecule has 0 aliphatic heterocycles. The molecule has 1 atom stereocenters. The van der Waals surface area contributed by atoms with Crippen molar-refractivity contribution in [1.29, 1.82) is 0 Å². The van der Waals surface area contributed by atoms with Crippen LogP contribution in [-0.2, 0) is 4.79 Å². The first kappa shape index (κ1) is 16.5. The number of rotatable bonds is 5. The van der Waals surface area contributed by atoms with Crippen LogP contribution < -0.4 is 10.1 Å². The van der Waals surface area contributed by atoms with Gasteiger partial charge in [-0.3, -0.25) is 14.9 Å². The molecule has 0 radical (unpaired) electrons. The van der Waals surface area contributed by atoms with Crippen molar-refractivity contribution in [3.63, 3.8) is 0 Å². The Balaban J connectivity index is 1.99. The number of ether oxygens (including phenoxy) is 1. The van der Waals surface area contributed by atoms with Crippen LogP contribution in [-0.4, -0.2) is 16.9 Å². The fourth-order valence-electron chi connectivity index (χ4n) is 1.97. The van der Waals surface area contributed by atoms with E-state index in [4.69, 9.17) is 4.74 Å². The standard InChI is InChI=1S/C17H18N2O4/c1-11-4-5-14(10-12(11)2)18-17(20)13(3)23-16-8-6-15(7-9-16)19(21)22/h4-10,13H,1-3H3,(H,18,20)/t13-/m1/s1. The molecule has 0 heterocycles. The molecule has 0 aliphatic rings. The number of nitrogens with zero attached hydrogens (tertiary/aromatic N) is 1. The van der Waals surface area contributed by atoms with Crippen LogP contribution in [0.1, 0.15) is 18.1 Å². The average Bonchev–Trinajstić information content (AvgIpc) is 2.51. The minimum atomic E-state index is -0.724. The molecule has 0 saturated carbocycles. The Bertz CT molecular complexity index is 726. The van der Waals surface area contributed by atoms with Gasteiger partial charge in [0.1, 0.15) is 5.75 Å². The van der Waals surface area contributed by atoms with E-state index in [-0.39, 0.29) is 11.6 Å². The highest BCUT2D eigenvalue weighted by Crippen LogP contribution is 2.19. The summed E-state index contributed by atoms with van der Waals surface area (Å²) in [7, 11) is 0. The summed E-state index contributed by atoms with van der Waals surface area (Å²) in [6.45, 7) is 5.60. The van der Waals surface area contributed by atoms with E-state index in [0.29, 0.717) is 11.4 Å². The van der Waals surface area contributed by atoms with Gasteiger partial charge in [0.25, 0.3) is 11.6 Å². The largest absolute Gasteiger partial charge is 0.481 e. The maximum Gasteiger partial charge on any atom is 0.269 e. The molecule has 2 rings (SSSR count). The lowest BCUT2D eigenvalue weighted by atomic mass is 10.1. The lowest BCUT2D eigenvalue weighted by Crippen LogP contribution is -2.30. The second-order valence-corrected chi connectivity index (χ2v) is 5.30. The Morgan fingerprint density at radius 2 is 1.78 bits per heavy atom. The smallest absolute Gasteiger partial charge is 0.269 e. The van der Waals surface area contributed by atoms with E-state index in [0.717, 1.165) is 11.1 Å².